The Bertz CT molecular complexity index is 186. The predicted molar refractivity (Wildman–Crippen MR) is 71.2 cm³/mol. The Morgan fingerprint density at radius 3 is 2.59 bits per heavy atom. The summed E-state index contributed by atoms with van der Waals surface area (Å²) < 4.78 is 5.14. The number of hydrogen-bond donors (Lipinski definition) is 2. The van der Waals surface area contributed by atoms with Gasteiger partial charge in [0, 0.05) is 19.7 Å². The fourth-order valence-corrected chi connectivity index (χ4v) is 1.62. The van der Waals surface area contributed by atoms with Gasteiger partial charge in [0.15, 0.2) is 0 Å². The smallest absolute Gasteiger partial charge is 0.314 e. The van der Waals surface area contributed by atoms with Gasteiger partial charge in [-0.2, -0.15) is 0 Å². The molecule has 0 bridgehead atoms. The van der Waals surface area contributed by atoms with E-state index in [2.05, 4.69) is 24.5 Å². The SMILES string of the molecule is CCCCC(CC)CNC(=O)NCCOCC. The summed E-state index contributed by atoms with van der Waals surface area (Å²) >= 11 is 0. The van der Waals surface area contributed by atoms with Crippen LogP contribution in [0.15, 0.2) is 0 Å². The lowest BCUT2D eigenvalue weighted by molar-refractivity contribution is 0.149. The van der Waals surface area contributed by atoms with Gasteiger partial charge in [0.1, 0.15) is 0 Å². The van der Waals surface area contributed by atoms with Crippen LogP contribution in [0.2, 0.25) is 0 Å². The molecule has 0 rings (SSSR count). The van der Waals surface area contributed by atoms with Gasteiger partial charge in [0.05, 0.1) is 6.61 Å². The molecule has 0 radical (unpaired) electrons. The average Bonchev–Trinajstić information content (AvgIpc) is 2.35. The van der Waals surface area contributed by atoms with Gasteiger partial charge < -0.3 is 15.4 Å². The lowest BCUT2D eigenvalue weighted by Crippen LogP contribution is -2.39. The number of nitrogens with one attached hydrogen (secondary N) is 2. The van der Waals surface area contributed by atoms with Gasteiger partial charge in [0.25, 0.3) is 0 Å². The molecule has 0 aromatic rings. The Kier molecular flexibility index (Phi) is 11.2. The van der Waals surface area contributed by atoms with E-state index in [1.165, 1.54) is 19.3 Å². The van der Waals surface area contributed by atoms with Crippen LogP contribution in [0.5, 0.6) is 0 Å². The second kappa shape index (κ2) is 11.7. The lowest BCUT2D eigenvalue weighted by atomic mass is 9.99. The molecular formula is C13H28N2O2. The maximum atomic E-state index is 11.4. The van der Waals surface area contributed by atoms with E-state index in [1.807, 2.05) is 6.92 Å². The van der Waals surface area contributed by atoms with E-state index in [-0.39, 0.29) is 6.03 Å². The molecule has 2 amide bonds. The van der Waals surface area contributed by atoms with Crippen molar-refractivity contribution in [3.05, 3.63) is 0 Å². The molecule has 0 aliphatic rings. The molecule has 4 heteroatoms. The zero-order valence-electron chi connectivity index (χ0n) is 11.6. The summed E-state index contributed by atoms with van der Waals surface area (Å²) in [6.45, 7) is 8.94. The maximum absolute atomic E-state index is 11.4. The molecule has 0 aromatic heterocycles. The first-order valence-electron chi connectivity index (χ1n) is 6.83. The molecular weight excluding hydrogens is 216 g/mol. The molecule has 102 valence electrons. The summed E-state index contributed by atoms with van der Waals surface area (Å²) in [5.41, 5.74) is 0. The first-order valence-corrected chi connectivity index (χ1v) is 6.83. The van der Waals surface area contributed by atoms with Crippen LogP contribution in [0.25, 0.3) is 0 Å². The van der Waals surface area contributed by atoms with Crippen molar-refractivity contribution in [3.63, 3.8) is 0 Å². The van der Waals surface area contributed by atoms with Gasteiger partial charge >= 0.3 is 6.03 Å². The first kappa shape index (κ1) is 16.2. The van der Waals surface area contributed by atoms with E-state index in [9.17, 15) is 4.79 Å². The number of carbonyl (C=O) groups is 1. The van der Waals surface area contributed by atoms with Crippen LogP contribution < -0.4 is 10.6 Å². The molecule has 0 heterocycles. The summed E-state index contributed by atoms with van der Waals surface area (Å²) in [7, 11) is 0. The molecule has 0 saturated heterocycles. The van der Waals surface area contributed by atoms with Crippen LogP contribution in [0, 0.1) is 5.92 Å². The van der Waals surface area contributed by atoms with Crippen molar-refractivity contribution in [1.82, 2.24) is 10.6 Å². The third-order valence-electron chi connectivity index (χ3n) is 2.83. The number of hydrogen-bond acceptors (Lipinski definition) is 2. The van der Waals surface area contributed by atoms with Gasteiger partial charge in [-0.3, -0.25) is 0 Å². The largest absolute Gasteiger partial charge is 0.380 e. The van der Waals surface area contributed by atoms with Crippen molar-refractivity contribution in [1.29, 1.82) is 0 Å². The van der Waals surface area contributed by atoms with Crippen LogP contribution >= 0.6 is 0 Å². The maximum Gasteiger partial charge on any atom is 0.314 e. The highest BCUT2D eigenvalue weighted by atomic mass is 16.5. The lowest BCUT2D eigenvalue weighted by Gasteiger charge is -2.15. The number of carbonyl (C=O) groups excluding carboxylic acids is 1. The summed E-state index contributed by atoms with van der Waals surface area (Å²) in [5, 5.41) is 5.69. The normalized spacial score (nSPS) is 12.2. The Hall–Kier alpha value is -0.770. The van der Waals surface area contributed by atoms with Crippen LogP contribution in [0.3, 0.4) is 0 Å². The topological polar surface area (TPSA) is 50.4 Å². The van der Waals surface area contributed by atoms with Crippen molar-refractivity contribution >= 4 is 6.03 Å². The molecule has 0 saturated carbocycles. The summed E-state index contributed by atoms with van der Waals surface area (Å²) in [5.74, 6) is 0.604. The highest BCUT2D eigenvalue weighted by Gasteiger charge is 2.07. The summed E-state index contributed by atoms with van der Waals surface area (Å²) in [4.78, 5) is 11.4. The molecule has 0 aliphatic heterocycles. The van der Waals surface area contributed by atoms with Crippen LogP contribution in [-0.4, -0.2) is 32.3 Å². The third kappa shape index (κ3) is 10.1. The quantitative estimate of drug-likeness (QED) is 0.580. The molecule has 0 aromatic carbocycles. The van der Waals surface area contributed by atoms with E-state index in [0.29, 0.717) is 25.7 Å². The first-order chi connectivity index (χ1) is 8.24. The highest BCUT2D eigenvalue weighted by Crippen LogP contribution is 2.10. The van der Waals surface area contributed by atoms with Crippen molar-refractivity contribution in [3.8, 4) is 0 Å². The number of ether oxygens (including phenoxy) is 1. The highest BCUT2D eigenvalue weighted by molar-refractivity contribution is 5.73. The standard InChI is InChI=1S/C13H28N2O2/c1-4-7-8-12(5-2)11-15-13(16)14-9-10-17-6-3/h12H,4-11H2,1-3H3,(H2,14,15,16). The Labute approximate surface area is 105 Å². The molecule has 1 unspecified atom stereocenters. The Morgan fingerprint density at radius 1 is 1.24 bits per heavy atom. The van der Waals surface area contributed by atoms with E-state index >= 15 is 0 Å². The van der Waals surface area contributed by atoms with E-state index < -0.39 is 0 Å². The molecule has 0 fully saturated rings. The Balaban J connectivity index is 3.52. The average molecular weight is 244 g/mol. The van der Waals surface area contributed by atoms with Crippen molar-refractivity contribution in [2.75, 3.05) is 26.3 Å². The van der Waals surface area contributed by atoms with E-state index in [4.69, 9.17) is 4.74 Å². The third-order valence-corrected chi connectivity index (χ3v) is 2.83. The molecule has 2 N–H and O–H groups in total. The monoisotopic (exact) mass is 244 g/mol. The van der Waals surface area contributed by atoms with Crippen LogP contribution in [0.1, 0.15) is 46.5 Å². The van der Waals surface area contributed by atoms with Crippen molar-refractivity contribution < 1.29 is 9.53 Å². The number of amides is 2. The van der Waals surface area contributed by atoms with Gasteiger partial charge in [-0.05, 0) is 19.3 Å². The zero-order valence-corrected chi connectivity index (χ0v) is 11.6. The Morgan fingerprint density at radius 2 is 2.00 bits per heavy atom. The minimum Gasteiger partial charge on any atom is -0.380 e. The fourth-order valence-electron chi connectivity index (χ4n) is 1.62. The second-order valence-corrected chi connectivity index (χ2v) is 4.25. The van der Waals surface area contributed by atoms with Gasteiger partial charge in [0.2, 0.25) is 0 Å². The summed E-state index contributed by atoms with van der Waals surface area (Å²) in [6, 6.07) is -0.0837. The van der Waals surface area contributed by atoms with Crippen LogP contribution in [-0.2, 0) is 4.74 Å². The van der Waals surface area contributed by atoms with Crippen molar-refractivity contribution in [2.24, 2.45) is 5.92 Å². The van der Waals surface area contributed by atoms with E-state index in [0.717, 1.165) is 13.0 Å². The number of urea groups is 1. The second-order valence-electron chi connectivity index (χ2n) is 4.25. The molecule has 17 heavy (non-hydrogen) atoms. The molecule has 4 nitrogen and oxygen atoms in total. The van der Waals surface area contributed by atoms with E-state index in [1.54, 1.807) is 0 Å². The van der Waals surface area contributed by atoms with Gasteiger partial charge in [-0.25, -0.2) is 4.79 Å². The van der Waals surface area contributed by atoms with Gasteiger partial charge in [-0.1, -0.05) is 33.1 Å². The van der Waals surface area contributed by atoms with Crippen LogP contribution in [0.4, 0.5) is 4.79 Å². The molecule has 0 spiro atoms. The number of rotatable bonds is 10. The minimum absolute atomic E-state index is 0.0837. The number of unbranched alkanes of at least 4 members (excludes halogenated alkanes) is 1. The summed E-state index contributed by atoms with van der Waals surface area (Å²) in [6.07, 6.45) is 4.79. The molecule has 1 atom stereocenters. The minimum atomic E-state index is -0.0837. The van der Waals surface area contributed by atoms with Crippen molar-refractivity contribution in [2.45, 2.75) is 46.5 Å². The molecule has 0 aliphatic carbocycles. The van der Waals surface area contributed by atoms with Gasteiger partial charge in [-0.15, -0.1) is 0 Å². The fraction of sp³-hybridized carbons (Fsp3) is 0.923. The predicted octanol–water partition coefficient (Wildman–Crippen LogP) is 2.54. The zero-order chi connectivity index (χ0) is 12.9.